The Hall–Kier alpha value is -7.16. The molecule has 6 aromatic heterocycles. The van der Waals surface area contributed by atoms with Crippen molar-refractivity contribution in [3.8, 4) is 10.3 Å². The zero-order chi connectivity index (χ0) is 48.4. The molecule has 0 aliphatic rings. The first kappa shape index (κ1) is 55.4. The maximum Gasteiger partial charge on any atom is 1.00 e. The fraction of sp³-hybridized carbons (Fsp3) is 0.111. The van der Waals surface area contributed by atoms with Crippen molar-refractivity contribution in [2.45, 2.75) is 13.8 Å². The van der Waals surface area contributed by atoms with Crippen molar-refractivity contribution < 1.29 is 78.3 Å². The maximum absolute atomic E-state index is 11.6. The van der Waals surface area contributed by atoms with Crippen LogP contribution in [0.25, 0.3) is 51.1 Å². The Balaban J connectivity index is 0.000000195. The van der Waals surface area contributed by atoms with Gasteiger partial charge < -0.3 is 30.5 Å². The average Bonchev–Trinajstić information content (AvgIpc) is 4.22. The number of para-hydroxylation sites is 4. The Morgan fingerprint density at radius 1 is 0.643 bits per heavy atom. The van der Waals surface area contributed by atoms with Gasteiger partial charge in [0.25, 0.3) is 0 Å². The number of carbonyl (C=O) groups excluding carboxylic acids is 4. The molecular formula is C45H39N10NaO10S4. The summed E-state index contributed by atoms with van der Waals surface area (Å²) in [6.45, 7) is 4.01. The summed E-state index contributed by atoms with van der Waals surface area (Å²) in [6.07, 6.45) is 7.10. The molecule has 20 nitrogen and oxygen atoms in total. The van der Waals surface area contributed by atoms with E-state index in [1.165, 1.54) is 75.7 Å². The third kappa shape index (κ3) is 15.2. The Morgan fingerprint density at radius 3 is 1.50 bits per heavy atom. The molecule has 0 saturated heterocycles. The van der Waals surface area contributed by atoms with E-state index in [2.05, 4.69) is 39.6 Å². The Labute approximate surface area is 435 Å². The number of fused-ring (bicyclic) bond motifs is 4. The smallest absolute Gasteiger partial charge is 0.870 e. The van der Waals surface area contributed by atoms with Gasteiger partial charge in [0, 0.05) is 0 Å². The molecule has 70 heavy (non-hydrogen) atoms. The van der Waals surface area contributed by atoms with Gasteiger partial charge in [0.2, 0.25) is 11.4 Å². The summed E-state index contributed by atoms with van der Waals surface area (Å²) in [6, 6.07) is 31.2. The summed E-state index contributed by atoms with van der Waals surface area (Å²) in [5, 5.41) is 11.5. The molecule has 0 atom stereocenters. The van der Waals surface area contributed by atoms with Crippen molar-refractivity contribution in [1.82, 2.24) is 39.0 Å². The molecule has 0 amide bonds. The molecule has 10 aromatic rings. The van der Waals surface area contributed by atoms with Gasteiger partial charge in [0.15, 0.2) is 26.8 Å². The number of ether oxygens (including phenoxy) is 3. The number of benzene rings is 4. The number of carboxylic acids is 1. The summed E-state index contributed by atoms with van der Waals surface area (Å²) in [5.74, 6) is -2.68. The van der Waals surface area contributed by atoms with Crippen LogP contribution in [0, 0.1) is 0 Å². The largest absolute Gasteiger partial charge is 1.00 e. The number of anilines is 1. The minimum Gasteiger partial charge on any atom is -0.870 e. The Morgan fingerprint density at radius 2 is 1.07 bits per heavy atom. The monoisotopic (exact) mass is 1030 g/mol. The van der Waals surface area contributed by atoms with Gasteiger partial charge in [-0.2, -0.15) is 0 Å². The van der Waals surface area contributed by atoms with Gasteiger partial charge in [0.05, 0.1) is 73.6 Å². The molecular weight excluding hydrogens is 992 g/mol. The minimum absolute atomic E-state index is 0. The summed E-state index contributed by atoms with van der Waals surface area (Å²) in [4.78, 5) is 81.8. The van der Waals surface area contributed by atoms with Gasteiger partial charge in [-0.15, -0.1) is 0 Å². The van der Waals surface area contributed by atoms with Gasteiger partial charge in [0.1, 0.15) is 18.9 Å². The number of rotatable bonds is 9. The van der Waals surface area contributed by atoms with E-state index in [4.69, 9.17) is 20.3 Å². The maximum atomic E-state index is 11.6. The number of nitrogen functional groups attached to an aromatic ring is 1. The number of imidazole rings is 2. The molecule has 4 N–H and O–H groups in total. The zero-order valence-electron chi connectivity index (χ0n) is 37.5. The first-order valence-corrected chi connectivity index (χ1v) is 23.2. The van der Waals surface area contributed by atoms with Crippen LogP contribution in [0.1, 0.15) is 34.8 Å². The van der Waals surface area contributed by atoms with Crippen LogP contribution in [-0.2, 0) is 28.6 Å². The number of thiazole rings is 4. The third-order valence-corrected chi connectivity index (χ3v) is 12.3. The SMILES string of the molecule is CCOC(=O)C=Nc1nc2ccccc2s1.CCOC(=O)C=O.COC(=O)c1cncn1-c1nc2ccccc2s1.Nc1nc2ccccc2s1.O=C(O)c1cncn1-c1nc2ccccc2s1.[Na+].[OH-]. The van der Waals surface area contributed by atoms with Crippen LogP contribution in [0.2, 0.25) is 0 Å². The molecule has 0 bridgehead atoms. The molecule has 0 aliphatic heterocycles. The minimum atomic E-state index is -1.01. The quantitative estimate of drug-likeness (QED) is 0.0453. The van der Waals surface area contributed by atoms with Crippen LogP contribution < -0.4 is 35.3 Å². The average molecular weight is 1030 g/mol. The van der Waals surface area contributed by atoms with Crippen LogP contribution in [0.15, 0.2) is 127 Å². The number of hydrogen-bond acceptors (Lipinski definition) is 21. The van der Waals surface area contributed by atoms with Crippen molar-refractivity contribution in [3.05, 3.63) is 133 Å². The summed E-state index contributed by atoms with van der Waals surface area (Å²) in [7, 11) is 1.35. The molecule has 0 radical (unpaired) electrons. The van der Waals surface area contributed by atoms with Crippen LogP contribution in [0.5, 0.6) is 0 Å². The third-order valence-electron chi connectivity index (χ3n) is 8.41. The van der Waals surface area contributed by atoms with Crippen molar-refractivity contribution >= 4 is 133 Å². The van der Waals surface area contributed by atoms with Crippen LogP contribution in [0.4, 0.5) is 10.3 Å². The number of nitrogens with two attached hydrogens (primary N) is 1. The van der Waals surface area contributed by atoms with Gasteiger partial charge in [-0.3, -0.25) is 13.9 Å². The van der Waals surface area contributed by atoms with Gasteiger partial charge in [-0.1, -0.05) is 93.9 Å². The van der Waals surface area contributed by atoms with Crippen molar-refractivity contribution in [3.63, 3.8) is 0 Å². The van der Waals surface area contributed by atoms with Crippen LogP contribution in [0.3, 0.4) is 0 Å². The standard InChI is InChI=1S/C12H9N3O2S.C11H7N3O2S.C11H10N2O2S.C7H6N2S.C4H6O3.Na.H2O/c1-17-11(16)9-6-13-7-15(9)12-14-8-4-2-3-5-10(8)18-12;15-10(16)8-5-12-6-14(8)11-13-7-3-1-2-4-9(7)17-11;1-2-15-10(14)7-12-11-13-8-5-3-4-6-9(8)16-11;8-7-9-5-3-1-2-4-6(5)10-7;1-2-7-4(6)3-5;;/h2-7H,1H3;1-6H,(H,15,16);3-7H,2H2,1H3;1-4H,(H2,8,9);3H,2H2,1H3;;1H2/q;;;;;+1;/p-1. The number of methoxy groups -OCH3 is 1. The predicted molar refractivity (Wildman–Crippen MR) is 265 cm³/mol. The molecule has 6 heterocycles. The van der Waals surface area contributed by atoms with E-state index >= 15 is 0 Å². The molecule has 0 aliphatic carbocycles. The number of aliphatic imine (C=N–C) groups is 1. The number of nitrogens with zero attached hydrogens (tertiary/aromatic N) is 9. The molecule has 354 valence electrons. The van der Waals surface area contributed by atoms with Gasteiger partial charge >= 0.3 is 53.4 Å². The number of aldehydes is 1. The number of aromatic carboxylic acids is 1. The summed E-state index contributed by atoms with van der Waals surface area (Å²) >= 11 is 5.90. The molecule has 10 rings (SSSR count). The van der Waals surface area contributed by atoms with E-state index in [9.17, 15) is 24.0 Å². The molecule has 25 heteroatoms. The Bertz CT molecular complexity index is 3210. The van der Waals surface area contributed by atoms with Crippen molar-refractivity contribution in [1.29, 1.82) is 0 Å². The molecule has 0 fully saturated rings. The molecule has 4 aromatic carbocycles. The second-order valence-corrected chi connectivity index (χ2v) is 17.0. The van der Waals surface area contributed by atoms with E-state index in [-0.39, 0.29) is 53.6 Å². The van der Waals surface area contributed by atoms with Gasteiger partial charge in [-0.05, 0) is 62.4 Å². The second-order valence-electron chi connectivity index (χ2n) is 12.9. The normalized spacial score (nSPS) is 10.2. The number of esters is 3. The van der Waals surface area contributed by atoms with Gasteiger partial charge in [-0.25, -0.2) is 54.1 Å². The molecule has 0 unspecified atom stereocenters. The number of carbonyl (C=O) groups is 5. The number of hydrogen-bond donors (Lipinski definition) is 2. The van der Waals surface area contributed by atoms with E-state index < -0.39 is 23.9 Å². The van der Waals surface area contributed by atoms with Crippen LogP contribution in [-0.4, -0.2) is 106 Å². The number of carboxylic acid groups (broad SMARTS) is 1. The summed E-state index contributed by atoms with van der Waals surface area (Å²) in [5.41, 5.74) is 9.63. The second kappa shape index (κ2) is 27.7. The topological polar surface area (TPSA) is 289 Å². The van der Waals surface area contributed by atoms with E-state index in [0.29, 0.717) is 32.8 Å². The number of aromatic nitrogens is 8. The van der Waals surface area contributed by atoms with E-state index in [0.717, 1.165) is 47.1 Å². The predicted octanol–water partition coefficient (Wildman–Crippen LogP) is 5.46. The van der Waals surface area contributed by atoms with E-state index in [1.54, 1.807) is 24.7 Å². The molecule has 0 spiro atoms. The van der Waals surface area contributed by atoms with Crippen LogP contribution >= 0.6 is 45.3 Å². The first-order chi connectivity index (χ1) is 33.0. The molecule has 0 saturated carbocycles. The first-order valence-electron chi connectivity index (χ1n) is 19.9. The van der Waals surface area contributed by atoms with Crippen molar-refractivity contribution in [2.24, 2.45) is 4.99 Å². The Kier molecular flexibility index (Phi) is 22.0. The summed E-state index contributed by atoms with van der Waals surface area (Å²) < 4.78 is 21.0. The fourth-order valence-electron chi connectivity index (χ4n) is 5.50. The van der Waals surface area contributed by atoms with Crippen molar-refractivity contribution in [2.75, 3.05) is 26.1 Å². The zero-order valence-corrected chi connectivity index (χ0v) is 42.8. The fourth-order valence-corrected chi connectivity index (χ4v) is 8.95. The van der Waals surface area contributed by atoms with E-state index in [1.807, 2.05) is 97.1 Å².